The summed E-state index contributed by atoms with van der Waals surface area (Å²) in [6.07, 6.45) is 3.76. The van der Waals surface area contributed by atoms with Crippen molar-refractivity contribution in [3.8, 4) is 0 Å². The Kier molecular flexibility index (Phi) is 2.32. The van der Waals surface area contributed by atoms with Crippen molar-refractivity contribution in [3.05, 3.63) is 60.4 Å². The lowest BCUT2D eigenvalue weighted by Crippen LogP contribution is -2.37. The van der Waals surface area contributed by atoms with E-state index in [1.165, 1.54) is 5.56 Å². The predicted molar refractivity (Wildman–Crippen MR) is 50.0 cm³/mol. The van der Waals surface area contributed by atoms with Crippen LogP contribution in [0.3, 0.4) is 0 Å². The van der Waals surface area contributed by atoms with Crippen molar-refractivity contribution in [2.75, 3.05) is 0 Å². The molecule has 2 rings (SSSR count). The summed E-state index contributed by atoms with van der Waals surface area (Å²) < 4.78 is 1.91. The molecule has 0 bridgehead atoms. The van der Waals surface area contributed by atoms with E-state index in [9.17, 15) is 0 Å². The zero-order valence-electron chi connectivity index (χ0n) is 7.30. The van der Waals surface area contributed by atoms with Crippen LogP contribution in [-0.2, 0) is 6.54 Å². The lowest BCUT2D eigenvalue weighted by Gasteiger charge is -1.93. The van der Waals surface area contributed by atoms with Gasteiger partial charge in [-0.1, -0.05) is 35.0 Å². The molecule has 1 aromatic heterocycles. The normalized spacial score (nSPS) is 9.85. The lowest BCUT2D eigenvalue weighted by atomic mass is 10.2. The maximum atomic E-state index is 4.19. The molecule has 0 saturated heterocycles. The Hall–Kier alpha value is -1.70. The number of hydrogen-bond acceptors (Lipinski definition) is 1. The molecule has 1 heterocycles. The molecule has 0 aliphatic carbocycles. The molecule has 0 aliphatic rings. The van der Waals surface area contributed by atoms with Gasteiger partial charge in [-0.2, -0.15) is 0 Å². The van der Waals surface area contributed by atoms with Crippen molar-refractivity contribution in [2.24, 2.45) is 0 Å². The number of benzene rings is 1. The quantitative estimate of drug-likeness (QED) is 0.624. The van der Waals surface area contributed by atoms with Crippen LogP contribution < -0.4 is 4.68 Å². The third-order valence-electron chi connectivity index (χ3n) is 1.86. The van der Waals surface area contributed by atoms with E-state index in [1.807, 2.05) is 41.2 Å². The Balaban J connectivity index is 2.16. The van der Waals surface area contributed by atoms with Crippen molar-refractivity contribution in [2.45, 2.75) is 6.54 Å². The fraction of sp³-hybridized carbons (Fsp3) is 0.0909. The van der Waals surface area contributed by atoms with Crippen molar-refractivity contribution >= 4 is 0 Å². The van der Waals surface area contributed by atoms with Gasteiger partial charge in [-0.3, -0.25) is 0 Å². The number of rotatable bonds is 2. The van der Waals surface area contributed by atoms with Gasteiger partial charge in [-0.05, 0) is 11.2 Å². The molecule has 0 saturated carbocycles. The summed E-state index contributed by atoms with van der Waals surface area (Å²) in [5.74, 6) is 0. The van der Waals surface area contributed by atoms with E-state index >= 15 is 0 Å². The third kappa shape index (κ3) is 2.12. The maximum absolute atomic E-state index is 4.19. The Morgan fingerprint density at radius 1 is 1.00 bits per heavy atom. The van der Waals surface area contributed by atoms with Gasteiger partial charge in [0.2, 0.25) is 0 Å². The average molecular weight is 171 g/mol. The summed E-state index contributed by atoms with van der Waals surface area (Å²) in [6, 6.07) is 14.2. The summed E-state index contributed by atoms with van der Waals surface area (Å²) in [5.41, 5.74) is 1.27. The van der Waals surface area contributed by atoms with E-state index < -0.39 is 0 Å². The zero-order valence-corrected chi connectivity index (χ0v) is 7.30. The molecule has 2 nitrogen and oxygen atoms in total. The van der Waals surface area contributed by atoms with Crippen LogP contribution in [0.5, 0.6) is 0 Å². The van der Waals surface area contributed by atoms with Crippen LogP contribution in [0.25, 0.3) is 0 Å². The molecule has 64 valence electrons. The van der Waals surface area contributed by atoms with Gasteiger partial charge < -0.3 is 0 Å². The fourth-order valence-electron chi connectivity index (χ4n) is 1.23. The minimum Gasteiger partial charge on any atom is -0.0869 e. The molecule has 13 heavy (non-hydrogen) atoms. The van der Waals surface area contributed by atoms with Crippen molar-refractivity contribution < 1.29 is 4.68 Å². The predicted octanol–water partition coefficient (Wildman–Crippen LogP) is 1.42. The van der Waals surface area contributed by atoms with E-state index in [0.29, 0.717) is 0 Å². The third-order valence-corrected chi connectivity index (χ3v) is 1.86. The lowest BCUT2D eigenvalue weighted by molar-refractivity contribution is -0.746. The minimum absolute atomic E-state index is 0.835. The van der Waals surface area contributed by atoms with Gasteiger partial charge in [0.1, 0.15) is 0 Å². The summed E-state index contributed by atoms with van der Waals surface area (Å²) in [7, 11) is 0. The molecule has 0 amide bonds. The van der Waals surface area contributed by atoms with Crippen LogP contribution in [0.1, 0.15) is 5.56 Å². The van der Waals surface area contributed by atoms with Crippen LogP contribution in [0.15, 0.2) is 54.9 Å². The summed E-state index contributed by atoms with van der Waals surface area (Å²) in [5, 5.41) is 4.19. The van der Waals surface area contributed by atoms with Gasteiger partial charge in [-0.15, -0.1) is 0 Å². The molecule has 0 fully saturated rings. The zero-order chi connectivity index (χ0) is 8.93. The largest absolute Gasteiger partial charge is 0.199 e. The average Bonchev–Trinajstić information content (AvgIpc) is 2.21. The van der Waals surface area contributed by atoms with Gasteiger partial charge in [0.05, 0.1) is 6.20 Å². The first-order valence-electron chi connectivity index (χ1n) is 4.30. The molecular formula is C11H11N2+. The smallest absolute Gasteiger partial charge is 0.0869 e. The van der Waals surface area contributed by atoms with Gasteiger partial charge in [0, 0.05) is 11.6 Å². The number of hydrogen-bond donors (Lipinski definition) is 0. The summed E-state index contributed by atoms with van der Waals surface area (Å²) in [6.45, 7) is 0.835. The minimum atomic E-state index is 0.835. The van der Waals surface area contributed by atoms with Crippen LogP contribution in [0.2, 0.25) is 0 Å². The molecule has 2 heteroatoms. The highest BCUT2D eigenvalue weighted by atomic mass is 15.2. The van der Waals surface area contributed by atoms with E-state index in [-0.39, 0.29) is 0 Å². The molecule has 0 radical (unpaired) electrons. The van der Waals surface area contributed by atoms with Gasteiger partial charge in [-0.25, -0.2) is 0 Å². The Labute approximate surface area is 77.5 Å². The molecule has 0 N–H and O–H groups in total. The van der Waals surface area contributed by atoms with Crippen LogP contribution in [0.4, 0.5) is 0 Å². The van der Waals surface area contributed by atoms with Gasteiger partial charge in [0.15, 0.2) is 12.7 Å². The van der Waals surface area contributed by atoms with Gasteiger partial charge >= 0.3 is 0 Å². The SMILES string of the molecule is c1ccc(C[n+]2ccccn2)cc1. The summed E-state index contributed by atoms with van der Waals surface area (Å²) in [4.78, 5) is 0. The highest BCUT2D eigenvalue weighted by Crippen LogP contribution is 1.96. The first-order valence-corrected chi connectivity index (χ1v) is 4.30. The van der Waals surface area contributed by atoms with Gasteiger partial charge in [0.25, 0.3) is 0 Å². The first kappa shape index (κ1) is 7.92. The van der Waals surface area contributed by atoms with Crippen molar-refractivity contribution in [1.82, 2.24) is 5.10 Å². The Morgan fingerprint density at radius 3 is 2.54 bits per heavy atom. The molecule has 0 spiro atoms. The Bertz CT molecular complexity index is 319. The Morgan fingerprint density at radius 2 is 1.85 bits per heavy atom. The fourth-order valence-corrected chi connectivity index (χ4v) is 1.23. The maximum Gasteiger partial charge on any atom is 0.199 e. The molecular weight excluding hydrogens is 160 g/mol. The van der Waals surface area contributed by atoms with E-state index in [2.05, 4.69) is 17.2 Å². The van der Waals surface area contributed by atoms with E-state index in [0.717, 1.165) is 6.54 Å². The monoisotopic (exact) mass is 171 g/mol. The number of nitrogens with zero attached hydrogens (tertiary/aromatic N) is 2. The molecule has 2 aromatic rings. The second-order valence-corrected chi connectivity index (χ2v) is 2.88. The second-order valence-electron chi connectivity index (χ2n) is 2.88. The topological polar surface area (TPSA) is 16.8 Å². The second kappa shape index (κ2) is 3.81. The standard InChI is InChI=1S/C11H11N2/c1-2-6-11(7-3-1)10-13-9-5-4-8-12-13/h1-9H,10H2/q+1. The first-order chi connectivity index (χ1) is 6.45. The molecule has 0 aliphatic heterocycles. The number of aromatic nitrogens is 2. The van der Waals surface area contributed by atoms with Crippen LogP contribution in [-0.4, -0.2) is 5.10 Å². The van der Waals surface area contributed by atoms with E-state index in [4.69, 9.17) is 0 Å². The molecule has 0 unspecified atom stereocenters. The van der Waals surface area contributed by atoms with Crippen LogP contribution in [0, 0.1) is 0 Å². The molecule has 0 atom stereocenters. The van der Waals surface area contributed by atoms with E-state index in [1.54, 1.807) is 6.20 Å². The highest BCUT2D eigenvalue weighted by Gasteiger charge is 2.00. The highest BCUT2D eigenvalue weighted by molar-refractivity contribution is 5.13. The van der Waals surface area contributed by atoms with Crippen molar-refractivity contribution in [3.63, 3.8) is 0 Å². The molecule has 1 aromatic carbocycles. The van der Waals surface area contributed by atoms with Crippen LogP contribution >= 0.6 is 0 Å². The van der Waals surface area contributed by atoms with Crippen molar-refractivity contribution in [1.29, 1.82) is 0 Å². The summed E-state index contributed by atoms with van der Waals surface area (Å²) >= 11 is 0.